The number of alkyl halides is 2. The number of halogens is 2. The maximum atomic E-state index is 12.7. The van der Waals surface area contributed by atoms with Gasteiger partial charge in [0, 0.05) is 30.1 Å². The minimum Gasteiger partial charge on any atom is -0.235 e. The van der Waals surface area contributed by atoms with E-state index in [0.717, 1.165) is 12.5 Å². The molecule has 1 atom stereocenters. The highest BCUT2D eigenvalue weighted by Crippen LogP contribution is 2.27. The minimum absolute atomic E-state index is 0.231. The Labute approximate surface area is 86.1 Å². The van der Waals surface area contributed by atoms with Crippen molar-refractivity contribution in [3.05, 3.63) is 23.8 Å². The van der Waals surface area contributed by atoms with Crippen LogP contribution in [-0.4, -0.2) is 16.2 Å². The normalized spacial score (nSPS) is 14.1. The monoisotopic (exact) mass is 218 g/mol. The summed E-state index contributed by atoms with van der Waals surface area (Å²) >= 11 is 1.62. The van der Waals surface area contributed by atoms with Crippen LogP contribution in [0.1, 0.15) is 30.5 Å². The number of nitrogens with zero attached hydrogens (tertiary/aromatic N) is 2. The first-order chi connectivity index (χ1) is 6.45. The lowest BCUT2D eigenvalue weighted by molar-refractivity contribution is 0.00762. The predicted molar refractivity (Wildman–Crippen MR) is 53.5 cm³/mol. The fraction of sp³-hybridized carbons (Fsp3) is 0.556. The highest BCUT2D eigenvalue weighted by molar-refractivity contribution is 7.98. The Hall–Kier alpha value is -0.710. The molecule has 0 bridgehead atoms. The van der Waals surface area contributed by atoms with Crippen LogP contribution in [0.2, 0.25) is 0 Å². The summed E-state index contributed by atoms with van der Waals surface area (Å²) < 4.78 is 25.5. The first-order valence-electron chi connectivity index (χ1n) is 4.18. The third-order valence-corrected chi connectivity index (χ3v) is 2.87. The lowest BCUT2D eigenvalue weighted by Crippen LogP contribution is -2.12. The van der Waals surface area contributed by atoms with Crippen LogP contribution in [-0.2, 0) is 5.92 Å². The van der Waals surface area contributed by atoms with E-state index in [2.05, 4.69) is 9.97 Å². The average Bonchev–Trinajstić information content (AvgIpc) is 2.15. The van der Waals surface area contributed by atoms with Gasteiger partial charge in [0.1, 0.15) is 0 Å². The first-order valence-corrected chi connectivity index (χ1v) is 5.47. The van der Waals surface area contributed by atoms with Gasteiger partial charge in [-0.1, -0.05) is 0 Å². The second-order valence-electron chi connectivity index (χ2n) is 3.11. The Bertz CT molecular complexity index is 295. The summed E-state index contributed by atoms with van der Waals surface area (Å²) in [6.07, 6.45) is 4.87. The van der Waals surface area contributed by atoms with Gasteiger partial charge >= 0.3 is 5.92 Å². The van der Waals surface area contributed by atoms with E-state index in [1.54, 1.807) is 11.8 Å². The zero-order chi connectivity index (χ0) is 10.8. The van der Waals surface area contributed by atoms with E-state index in [4.69, 9.17) is 0 Å². The van der Waals surface area contributed by atoms with Gasteiger partial charge in [-0.3, -0.25) is 0 Å². The number of thioether (sulfide) groups is 1. The lowest BCUT2D eigenvalue weighted by atomic mass is 10.2. The molecule has 0 aliphatic rings. The van der Waals surface area contributed by atoms with E-state index < -0.39 is 11.7 Å². The molecule has 0 saturated carbocycles. The second kappa shape index (κ2) is 4.21. The molecule has 0 radical (unpaired) electrons. The average molecular weight is 218 g/mol. The molecular weight excluding hydrogens is 206 g/mol. The van der Waals surface area contributed by atoms with Crippen molar-refractivity contribution in [2.24, 2.45) is 0 Å². The Morgan fingerprint density at radius 2 is 1.86 bits per heavy atom. The van der Waals surface area contributed by atoms with E-state index in [1.807, 2.05) is 13.2 Å². The molecular formula is C9H12F2N2S. The quantitative estimate of drug-likeness (QED) is 0.780. The Morgan fingerprint density at radius 3 is 2.21 bits per heavy atom. The van der Waals surface area contributed by atoms with Crippen LogP contribution in [0, 0.1) is 0 Å². The van der Waals surface area contributed by atoms with Crippen molar-refractivity contribution in [1.82, 2.24) is 9.97 Å². The van der Waals surface area contributed by atoms with Crippen molar-refractivity contribution in [2.75, 3.05) is 6.26 Å². The van der Waals surface area contributed by atoms with Crippen LogP contribution in [0.3, 0.4) is 0 Å². The second-order valence-corrected chi connectivity index (χ2v) is 4.28. The van der Waals surface area contributed by atoms with Crippen molar-refractivity contribution >= 4 is 11.8 Å². The van der Waals surface area contributed by atoms with Crippen LogP contribution < -0.4 is 0 Å². The number of rotatable bonds is 3. The summed E-state index contributed by atoms with van der Waals surface area (Å²) in [4.78, 5) is 7.29. The van der Waals surface area contributed by atoms with Gasteiger partial charge in [-0.05, 0) is 13.2 Å². The molecule has 1 aromatic heterocycles. The molecule has 14 heavy (non-hydrogen) atoms. The summed E-state index contributed by atoms with van der Waals surface area (Å²) in [6.45, 7) is 2.77. The highest BCUT2D eigenvalue weighted by Gasteiger charge is 2.27. The molecule has 0 spiro atoms. The van der Waals surface area contributed by atoms with Gasteiger partial charge in [0.15, 0.2) is 5.82 Å². The summed E-state index contributed by atoms with van der Waals surface area (Å²) in [5.41, 5.74) is 0.866. The first kappa shape index (κ1) is 11.4. The van der Waals surface area contributed by atoms with Crippen LogP contribution in [0.15, 0.2) is 12.4 Å². The molecule has 0 fully saturated rings. The van der Waals surface area contributed by atoms with Crippen LogP contribution in [0.25, 0.3) is 0 Å². The molecule has 0 amide bonds. The van der Waals surface area contributed by atoms with Crippen molar-refractivity contribution in [3.8, 4) is 0 Å². The Balaban J connectivity index is 2.89. The Kier molecular flexibility index (Phi) is 3.42. The molecule has 0 N–H and O–H groups in total. The van der Waals surface area contributed by atoms with Gasteiger partial charge in [0.05, 0.1) is 0 Å². The van der Waals surface area contributed by atoms with Gasteiger partial charge in [0.25, 0.3) is 0 Å². The minimum atomic E-state index is -2.96. The van der Waals surface area contributed by atoms with E-state index in [1.165, 1.54) is 12.4 Å². The standard InChI is InChI=1S/C9H12F2N2S/c1-6(14-3)7-4-12-8(13-5-7)9(2,10)11/h4-6H,1-3H3. The molecule has 78 valence electrons. The summed E-state index contributed by atoms with van der Waals surface area (Å²) in [5.74, 6) is -3.38. The largest absolute Gasteiger partial charge is 0.303 e. The molecule has 5 heteroatoms. The summed E-state index contributed by atoms with van der Waals surface area (Å²) in [7, 11) is 0. The fourth-order valence-corrected chi connectivity index (χ4v) is 1.30. The highest BCUT2D eigenvalue weighted by atomic mass is 32.2. The van der Waals surface area contributed by atoms with Crippen LogP contribution >= 0.6 is 11.8 Å². The lowest BCUT2D eigenvalue weighted by Gasteiger charge is -2.10. The molecule has 1 unspecified atom stereocenters. The zero-order valence-electron chi connectivity index (χ0n) is 8.29. The topological polar surface area (TPSA) is 25.8 Å². The number of aromatic nitrogens is 2. The van der Waals surface area contributed by atoms with E-state index >= 15 is 0 Å². The molecule has 0 aromatic carbocycles. The zero-order valence-corrected chi connectivity index (χ0v) is 9.11. The van der Waals surface area contributed by atoms with Gasteiger partial charge in [-0.15, -0.1) is 0 Å². The maximum absolute atomic E-state index is 12.7. The van der Waals surface area contributed by atoms with E-state index in [0.29, 0.717) is 0 Å². The molecule has 1 aromatic rings. The van der Waals surface area contributed by atoms with Crippen LogP contribution in [0.4, 0.5) is 8.78 Å². The van der Waals surface area contributed by atoms with E-state index in [-0.39, 0.29) is 5.25 Å². The Morgan fingerprint density at radius 1 is 1.36 bits per heavy atom. The summed E-state index contributed by atoms with van der Waals surface area (Å²) in [5, 5.41) is 0.231. The molecule has 2 nitrogen and oxygen atoms in total. The van der Waals surface area contributed by atoms with Crippen molar-refractivity contribution in [1.29, 1.82) is 0 Å². The smallest absolute Gasteiger partial charge is 0.235 e. The molecule has 0 aliphatic heterocycles. The molecule has 0 saturated heterocycles. The van der Waals surface area contributed by atoms with Crippen molar-refractivity contribution in [3.63, 3.8) is 0 Å². The van der Waals surface area contributed by atoms with Crippen molar-refractivity contribution < 1.29 is 8.78 Å². The van der Waals surface area contributed by atoms with Gasteiger partial charge < -0.3 is 0 Å². The summed E-state index contributed by atoms with van der Waals surface area (Å²) in [6, 6.07) is 0. The molecule has 0 aliphatic carbocycles. The third kappa shape index (κ3) is 2.64. The SMILES string of the molecule is CSC(C)c1cnc(C(C)(F)F)nc1. The molecule has 1 heterocycles. The predicted octanol–water partition coefficient (Wildman–Crippen LogP) is 3.01. The van der Waals surface area contributed by atoms with Gasteiger partial charge in [-0.25, -0.2) is 9.97 Å². The van der Waals surface area contributed by atoms with Crippen LogP contribution in [0.5, 0.6) is 0 Å². The van der Waals surface area contributed by atoms with E-state index in [9.17, 15) is 8.78 Å². The van der Waals surface area contributed by atoms with Gasteiger partial charge in [0.2, 0.25) is 0 Å². The fourth-order valence-electron chi connectivity index (χ4n) is 0.911. The number of hydrogen-bond acceptors (Lipinski definition) is 3. The maximum Gasteiger partial charge on any atom is 0.303 e. The van der Waals surface area contributed by atoms with Gasteiger partial charge in [-0.2, -0.15) is 20.5 Å². The van der Waals surface area contributed by atoms with Crippen molar-refractivity contribution in [2.45, 2.75) is 25.0 Å². The third-order valence-electron chi connectivity index (χ3n) is 1.89. The number of hydrogen-bond donors (Lipinski definition) is 0. The molecule has 1 rings (SSSR count).